The molecular formula is C25H21ClNO2+. The van der Waals surface area contributed by atoms with E-state index >= 15 is 0 Å². The molecule has 1 heterocycles. The number of rotatable bonds is 6. The number of pyridine rings is 1. The van der Waals surface area contributed by atoms with Gasteiger partial charge in [0.25, 0.3) is 0 Å². The normalized spacial score (nSPS) is 11.7. The average molecular weight is 403 g/mol. The monoisotopic (exact) mass is 402 g/mol. The molecule has 0 amide bonds. The molecule has 0 radical (unpaired) electrons. The van der Waals surface area contributed by atoms with Gasteiger partial charge in [-0.25, -0.2) is 0 Å². The van der Waals surface area contributed by atoms with E-state index < -0.39 is 0 Å². The van der Waals surface area contributed by atoms with Crippen LogP contribution in [0.25, 0.3) is 0 Å². The number of ether oxygens (including phenoxy) is 2. The SMILES string of the molecule is COc1ccc(C(c2ccc(Oc3ccccc3)cc2)[n+]2ccc(Cl)cc2)cc1. The van der Waals surface area contributed by atoms with Crippen LogP contribution in [0.4, 0.5) is 0 Å². The summed E-state index contributed by atoms with van der Waals surface area (Å²) < 4.78 is 13.4. The molecule has 4 rings (SSSR count). The molecule has 4 aromatic rings. The van der Waals surface area contributed by atoms with Gasteiger partial charge >= 0.3 is 0 Å². The first kappa shape index (κ1) is 19.0. The lowest BCUT2D eigenvalue weighted by atomic mass is 9.98. The standard InChI is InChI=1S/C25H21ClNO2/c1-28-22-11-7-19(8-12-22)25(27-17-15-21(26)16-18-27)20-9-13-24(14-10-20)29-23-5-3-2-4-6-23/h2-18,25H,1H3/q+1. The summed E-state index contributed by atoms with van der Waals surface area (Å²) >= 11 is 6.10. The predicted molar refractivity (Wildman–Crippen MR) is 115 cm³/mol. The first-order valence-electron chi connectivity index (χ1n) is 9.36. The molecule has 0 bridgehead atoms. The lowest BCUT2D eigenvalue weighted by Crippen LogP contribution is -2.40. The van der Waals surface area contributed by atoms with Crippen molar-refractivity contribution in [2.75, 3.05) is 7.11 Å². The highest BCUT2D eigenvalue weighted by Crippen LogP contribution is 2.27. The number of hydrogen-bond acceptors (Lipinski definition) is 2. The van der Waals surface area contributed by atoms with Crippen molar-refractivity contribution in [3.63, 3.8) is 0 Å². The topological polar surface area (TPSA) is 22.3 Å². The van der Waals surface area contributed by atoms with E-state index in [-0.39, 0.29) is 6.04 Å². The smallest absolute Gasteiger partial charge is 0.208 e. The second kappa shape index (κ2) is 8.80. The Kier molecular flexibility index (Phi) is 5.78. The number of nitrogens with zero attached hydrogens (tertiary/aromatic N) is 1. The Labute approximate surface area is 175 Å². The largest absolute Gasteiger partial charge is 0.497 e. The van der Waals surface area contributed by atoms with E-state index in [1.54, 1.807) is 7.11 Å². The zero-order valence-electron chi connectivity index (χ0n) is 16.0. The predicted octanol–water partition coefficient (Wildman–Crippen LogP) is 6.07. The summed E-state index contributed by atoms with van der Waals surface area (Å²) in [6.45, 7) is 0. The van der Waals surface area contributed by atoms with E-state index in [0.717, 1.165) is 28.4 Å². The fourth-order valence-corrected chi connectivity index (χ4v) is 3.37. The molecule has 0 fully saturated rings. The van der Waals surface area contributed by atoms with Crippen LogP contribution in [0.3, 0.4) is 0 Å². The molecule has 3 nitrogen and oxygen atoms in total. The minimum Gasteiger partial charge on any atom is -0.497 e. The molecule has 1 atom stereocenters. The maximum atomic E-state index is 6.10. The van der Waals surface area contributed by atoms with Crippen molar-refractivity contribution in [1.29, 1.82) is 0 Å². The molecule has 0 aliphatic rings. The molecular weight excluding hydrogens is 382 g/mol. The Morgan fingerprint density at radius 3 is 1.72 bits per heavy atom. The van der Waals surface area contributed by atoms with Crippen LogP contribution in [0, 0.1) is 0 Å². The molecule has 1 unspecified atom stereocenters. The Balaban J connectivity index is 1.67. The number of hydrogen-bond donors (Lipinski definition) is 0. The van der Waals surface area contributed by atoms with Gasteiger partial charge in [-0.3, -0.25) is 0 Å². The van der Waals surface area contributed by atoms with Crippen LogP contribution in [0.1, 0.15) is 17.2 Å². The van der Waals surface area contributed by atoms with Gasteiger partial charge in [-0.05, 0) is 60.7 Å². The number of methoxy groups -OCH3 is 1. The van der Waals surface area contributed by atoms with Gasteiger partial charge in [0.05, 0.1) is 12.1 Å². The van der Waals surface area contributed by atoms with Gasteiger partial charge in [-0.2, -0.15) is 4.57 Å². The third-order valence-electron chi connectivity index (χ3n) is 4.72. The second-order valence-corrected chi connectivity index (χ2v) is 7.06. The second-order valence-electron chi connectivity index (χ2n) is 6.62. The maximum absolute atomic E-state index is 6.10. The van der Waals surface area contributed by atoms with Crippen molar-refractivity contribution in [1.82, 2.24) is 0 Å². The molecule has 4 heteroatoms. The highest BCUT2D eigenvalue weighted by atomic mass is 35.5. The summed E-state index contributed by atoms with van der Waals surface area (Å²) in [5, 5.41) is 0.710. The molecule has 0 aliphatic carbocycles. The van der Waals surface area contributed by atoms with Crippen molar-refractivity contribution in [3.8, 4) is 17.2 Å². The summed E-state index contributed by atoms with van der Waals surface area (Å²) in [6, 6.07) is 29.9. The minimum atomic E-state index is 0.00366. The summed E-state index contributed by atoms with van der Waals surface area (Å²) in [5.74, 6) is 2.45. The van der Waals surface area contributed by atoms with Crippen molar-refractivity contribution < 1.29 is 14.0 Å². The maximum Gasteiger partial charge on any atom is 0.208 e. The van der Waals surface area contributed by atoms with Crippen LogP contribution in [0.5, 0.6) is 17.2 Å². The van der Waals surface area contributed by atoms with Crippen LogP contribution in [0.15, 0.2) is 103 Å². The molecule has 3 aromatic carbocycles. The third kappa shape index (κ3) is 4.58. The van der Waals surface area contributed by atoms with E-state index in [4.69, 9.17) is 21.1 Å². The van der Waals surface area contributed by atoms with Crippen LogP contribution < -0.4 is 14.0 Å². The van der Waals surface area contributed by atoms with Crippen LogP contribution >= 0.6 is 11.6 Å². The molecule has 1 aromatic heterocycles. The van der Waals surface area contributed by atoms with Crippen molar-refractivity contribution in [3.05, 3.63) is 120 Å². The molecule has 0 saturated heterocycles. The van der Waals surface area contributed by atoms with Gasteiger partial charge in [0.1, 0.15) is 17.2 Å². The summed E-state index contributed by atoms with van der Waals surface area (Å²) in [6.07, 6.45) is 3.98. The number of halogens is 1. The fraction of sp³-hybridized carbons (Fsp3) is 0.0800. The summed E-state index contributed by atoms with van der Waals surface area (Å²) in [5.41, 5.74) is 2.29. The molecule has 0 saturated carbocycles. The average Bonchev–Trinajstić information content (AvgIpc) is 2.78. The van der Waals surface area contributed by atoms with Gasteiger partial charge in [0, 0.05) is 23.3 Å². The highest BCUT2D eigenvalue weighted by Gasteiger charge is 2.23. The first-order valence-corrected chi connectivity index (χ1v) is 9.74. The number of para-hydroxylation sites is 1. The Morgan fingerprint density at radius 2 is 1.17 bits per heavy atom. The van der Waals surface area contributed by atoms with E-state index in [1.165, 1.54) is 0 Å². The first-order chi connectivity index (χ1) is 14.2. The van der Waals surface area contributed by atoms with Gasteiger partial charge < -0.3 is 9.47 Å². The van der Waals surface area contributed by atoms with E-state index in [9.17, 15) is 0 Å². The highest BCUT2D eigenvalue weighted by molar-refractivity contribution is 6.30. The zero-order chi connectivity index (χ0) is 20.1. The molecule has 29 heavy (non-hydrogen) atoms. The Morgan fingerprint density at radius 1 is 0.655 bits per heavy atom. The van der Waals surface area contributed by atoms with Gasteiger partial charge in [0.2, 0.25) is 6.04 Å². The van der Waals surface area contributed by atoms with Gasteiger partial charge in [0.15, 0.2) is 12.4 Å². The molecule has 0 N–H and O–H groups in total. The lowest BCUT2D eigenvalue weighted by Gasteiger charge is -2.15. The lowest BCUT2D eigenvalue weighted by molar-refractivity contribution is -0.704. The molecule has 144 valence electrons. The van der Waals surface area contributed by atoms with Crippen molar-refractivity contribution >= 4 is 11.6 Å². The quantitative estimate of drug-likeness (QED) is 0.365. The fourth-order valence-electron chi connectivity index (χ4n) is 3.26. The minimum absolute atomic E-state index is 0.00366. The Hall–Kier alpha value is -3.30. The summed E-state index contributed by atoms with van der Waals surface area (Å²) in [4.78, 5) is 0. The van der Waals surface area contributed by atoms with Gasteiger partial charge in [-0.15, -0.1) is 0 Å². The molecule has 0 spiro atoms. The summed E-state index contributed by atoms with van der Waals surface area (Å²) in [7, 11) is 1.67. The molecule has 0 aliphatic heterocycles. The Bertz CT molecular complexity index is 1050. The van der Waals surface area contributed by atoms with Crippen LogP contribution in [0.2, 0.25) is 5.02 Å². The van der Waals surface area contributed by atoms with E-state index in [2.05, 4.69) is 28.8 Å². The van der Waals surface area contributed by atoms with Gasteiger partial charge in [-0.1, -0.05) is 29.8 Å². The number of benzene rings is 3. The van der Waals surface area contributed by atoms with Crippen LogP contribution in [-0.4, -0.2) is 7.11 Å². The third-order valence-corrected chi connectivity index (χ3v) is 4.97. The number of aromatic nitrogens is 1. The zero-order valence-corrected chi connectivity index (χ0v) is 16.8. The van der Waals surface area contributed by atoms with Crippen LogP contribution in [-0.2, 0) is 0 Å². The van der Waals surface area contributed by atoms with Crippen molar-refractivity contribution in [2.45, 2.75) is 6.04 Å². The van der Waals surface area contributed by atoms with E-state index in [0.29, 0.717) is 5.02 Å². The van der Waals surface area contributed by atoms with Crippen molar-refractivity contribution in [2.24, 2.45) is 0 Å². The van der Waals surface area contributed by atoms with E-state index in [1.807, 2.05) is 79.1 Å².